The summed E-state index contributed by atoms with van der Waals surface area (Å²) in [5.41, 5.74) is -1.36. The summed E-state index contributed by atoms with van der Waals surface area (Å²) in [6.45, 7) is -2.56. The second-order valence-corrected chi connectivity index (χ2v) is 5.36. The predicted molar refractivity (Wildman–Crippen MR) is 77.4 cm³/mol. The Morgan fingerprint density at radius 2 is 1.95 bits per heavy atom. The molecule has 1 aromatic rings. The van der Waals surface area contributed by atoms with Gasteiger partial charge in [-0.25, -0.2) is 0 Å². The second kappa shape index (κ2) is 5.93. The number of rotatable bonds is 4. The van der Waals surface area contributed by atoms with Crippen LogP contribution in [0.3, 0.4) is 0 Å². The molecule has 0 aliphatic heterocycles. The van der Waals surface area contributed by atoms with Crippen molar-refractivity contribution in [2.45, 2.75) is 43.6 Å². The number of aromatic hydroxyl groups is 1. The highest BCUT2D eigenvalue weighted by atomic mass is 16.3. The van der Waals surface area contributed by atoms with Gasteiger partial charge in [-0.15, -0.1) is 0 Å². The monoisotopic (exact) mass is 270 g/mol. The van der Waals surface area contributed by atoms with Gasteiger partial charge in [0.25, 0.3) is 0 Å². The van der Waals surface area contributed by atoms with Gasteiger partial charge in [0.15, 0.2) is 0 Å². The van der Waals surface area contributed by atoms with Crippen molar-refractivity contribution in [2.75, 3.05) is 20.6 Å². The SMILES string of the molecule is [2H]c1c([2H])c(C(CN(C)C([2H])([2H])[2H])C2(O)CCCCC2)c([2H])c([2H])c1O. The third-order valence-corrected chi connectivity index (χ3v) is 3.80. The highest BCUT2D eigenvalue weighted by molar-refractivity contribution is 5.30. The van der Waals surface area contributed by atoms with Crippen molar-refractivity contribution in [3.8, 4) is 5.75 Å². The van der Waals surface area contributed by atoms with Crippen molar-refractivity contribution >= 4 is 0 Å². The Morgan fingerprint density at radius 1 is 1.32 bits per heavy atom. The zero-order valence-electron chi connectivity index (χ0n) is 18.2. The van der Waals surface area contributed by atoms with Crippen LogP contribution in [0.5, 0.6) is 5.75 Å². The quantitative estimate of drug-likeness (QED) is 0.884. The predicted octanol–water partition coefficient (Wildman–Crippen LogP) is 2.73. The molecule has 0 spiro atoms. The molecule has 0 radical (unpaired) electrons. The number of likely N-dealkylation sites (N-methyl/N-ethyl adjacent to an activating group) is 1. The molecule has 0 heterocycles. The summed E-state index contributed by atoms with van der Waals surface area (Å²) in [5.74, 6) is -1.66. The van der Waals surface area contributed by atoms with Gasteiger partial charge in [-0.1, -0.05) is 31.3 Å². The van der Waals surface area contributed by atoms with E-state index in [0.29, 0.717) is 12.8 Å². The molecule has 0 aromatic heterocycles. The summed E-state index contributed by atoms with van der Waals surface area (Å²) < 4.78 is 54.8. The van der Waals surface area contributed by atoms with Gasteiger partial charge < -0.3 is 15.1 Å². The number of benzene rings is 1. The van der Waals surface area contributed by atoms with Crippen LogP contribution in [-0.4, -0.2) is 41.3 Å². The summed E-state index contributed by atoms with van der Waals surface area (Å²) in [6, 6.07) is -2.04. The molecule has 1 aromatic carbocycles. The van der Waals surface area contributed by atoms with Gasteiger partial charge in [0.2, 0.25) is 0 Å². The van der Waals surface area contributed by atoms with Gasteiger partial charge in [-0.05, 0) is 44.5 Å². The Bertz CT molecular complexity index is 643. The summed E-state index contributed by atoms with van der Waals surface area (Å²) in [4.78, 5) is 1.07. The molecule has 0 bridgehead atoms. The van der Waals surface area contributed by atoms with Crippen LogP contribution in [0.4, 0.5) is 0 Å². The summed E-state index contributed by atoms with van der Waals surface area (Å²) in [5, 5.41) is 21.0. The Hall–Kier alpha value is -1.06. The third kappa shape index (κ3) is 3.48. The molecule has 106 valence electrons. The summed E-state index contributed by atoms with van der Waals surface area (Å²) >= 11 is 0. The number of phenols is 1. The van der Waals surface area contributed by atoms with E-state index in [2.05, 4.69) is 0 Å². The molecule has 1 saturated carbocycles. The molecule has 1 fully saturated rings. The van der Waals surface area contributed by atoms with E-state index in [1.165, 1.54) is 7.05 Å². The van der Waals surface area contributed by atoms with Crippen LogP contribution in [0.1, 0.15) is 53.2 Å². The van der Waals surface area contributed by atoms with Crippen LogP contribution in [0.2, 0.25) is 0 Å². The molecule has 0 amide bonds. The van der Waals surface area contributed by atoms with E-state index in [4.69, 9.17) is 9.60 Å². The van der Waals surface area contributed by atoms with E-state index < -0.39 is 48.4 Å². The molecule has 3 nitrogen and oxygen atoms in total. The molecular weight excluding hydrogens is 238 g/mol. The van der Waals surface area contributed by atoms with Gasteiger partial charge in [-0.3, -0.25) is 0 Å². The maximum Gasteiger partial charge on any atom is 0.115 e. The minimum Gasteiger partial charge on any atom is -0.508 e. The number of hydrogen-bond donors (Lipinski definition) is 2. The minimum absolute atomic E-state index is 0.0432. The zero-order valence-corrected chi connectivity index (χ0v) is 11.2. The fraction of sp³-hybridized carbons (Fsp3) is 0.625. The lowest BCUT2D eigenvalue weighted by molar-refractivity contribution is -0.0277. The van der Waals surface area contributed by atoms with Crippen LogP contribution < -0.4 is 0 Å². The molecule has 1 unspecified atom stereocenters. The van der Waals surface area contributed by atoms with Crippen LogP contribution >= 0.6 is 0 Å². The highest BCUT2D eigenvalue weighted by Crippen LogP contribution is 2.40. The minimum atomic E-state index is -2.42. The first-order chi connectivity index (χ1) is 11.9. The highest BCUT2D eigenvalue weighted by Gasteiger charge is 2.38. The lowest BCUT2D eigenvalue weighted by atomic mass is 9.72. The third-order valence-electron chi connectivity index (χ3n) is 3.80. The van der Waals surface area contributed by atoms with Crippen LogP contribution in [-0.2, 0) is 0 Å². The van der Waals surface area contributed by atoms with Gasteiger partial charge in [-0.2, -0.15) is 0 Å². The Kier molecular flexibility index (Phi) is 2.39. The van der Waals surface area contributed by atoms with Crippen LogP contribution in [0.25, 0.3) is 0 Å². The number of hydrogen-bond acceptors (Lipinski definition) is 3. The van der Waals surface area contributed by atoms with Gasteiger partial charge in [0, 0.05) is 16.6 Å². The van der Waals surface area contributed by atoms with E-state index in [1.54, 1.807) is 0 Å². The number of nitrogens with zero attached hydrogens (tertiary/aromatic N) is 1. The number of aliphatic hydroxyl groups is 1. The van der Waals surface area contributed by atoms with Crippen LogP contribution in [0, 0.1) is 0 Å². The first-order valence-electron chi connectivity index (χ1n) is 10.1. The van der Waals surface area contributed by atoms with E-state index in [0.717, 1.165) is 24.2 Å². The Labute approximate surface area is 125 Å². The zero-order chi connectivity index (χ0) is 19.9. The Balaban J connectivity index is 2.61. The molecule has 0 saturated heterocycles. The largest absolute Gasteiger partial charge is 0.508 e. The fourth-order valence-corrected chi connectivity index (χ4v) is 2.81. The van der Waals surface area contributed by atoms with E-state index in [1.807, 2.05) is 0 Å². The smallest absolute Gasteiger partial charge is 0.115 e. The maximum absolute atomic E-state index is 11.2. The lowest BCUT2D eigenvalue weighted by Gasteiger charge is -2.40. The molecule has 2 N–H and O–H groups in total. The number of phenolic OH excluding ortho intramolecular Hbond substituents is 1. The fourth-order valence-electron chi connectivity index (χ4n) is 2.81. The van der Waals surface area contributed by atoms with E-state index >= 15 is 0 Å². The second-order valence-electron chi connectivity index (χ2n) is 5.36. The first-order valence-corrected chi connectivity index (χ1v) is 6.63. The van der Waals surface area contributed by atoms with Gasteiger partial charge >= 0.3 is 0 Å². The van der Waals surface area contributed by atoms with Crippen molar-refractivity contribution in [3.05, 3.63) is 29.7 Å². The van der Waals surface area contributed by atoms with E-state index in [9.17, 15) is 10.2 Å². The van der Waals surface area contributed by atoms with Crippen molar-refractivity contribution in [1.82, 2.24) is 4.90 Å². The molecule has 1 atom stereocenters. The van der Waals surface area contributed by atoms with E-state index in [-0.39, 0.29) is 12.1 Å². The standard InChI is InChI=1S/C16H25NO2/c1-17(2)12-15(13-6-8-14(18)9-7-13)16(19)10-4-3-5-11-16/h6-9,15,18-19H,3-5,10-12H2,1-2H3/i1D3,6D,7D,8D,9D. The molecule has 1 aliphatic carbocycles. The van der Waals surface area contributed by atoms with Crippen molar-refractivity contribution < 1.29 is 19.8 Å². The molecular formula is C16H25NO2. The normalized spacial score (nSPS) is 26.4. The van der Waals surface area contributed by atoms with Crippen molar-refractivity contribution in [3.63, 3.8) is 0 Å². The lowest BCUT2D eigenvalue weighted by Crippen LogP contribution is -2.42. The topological polar surface area (TPSA) is 43.7 Å². The molecule has 19 heavy (non-hydrogen) atoms. The molecule has 3 heteroatoms. The average Bonchev–Trinajstić information content (AvgIpc) is 2.57. The van der Waals surface area contributed by atoms with Gasteiger partial charge in [0.1, 0.15) is 5.75 Å². The van der Waals surface area contributed by atoms with Crippen molar-refractivity contribution in [1.29, 1.82) is 0 Å². The maximum atomic E-state index is 11.2. The average molecular weight is 270 g/mol. The van der Waals surface area contributed by atoms with Gasteiger partial charge in [0.05, 0.1) is 11.1 Å². The summed E-state index contributed by atoms with van der Waals surface area (Å²) in [7, 11) is 1.38. The van der Waals surface area contributed by atoms with Crippen molar-refractivity contribution in [2.24, 2.45) is 0 Å². The summed E-state index contributed by atoms with van der Waals surface area (Å²) in [6.07, 6.45) is 3.21. The molecule has 1 aliphatic rings. The van der Waals surface area contributed by atoms with Crippen LogP contribution in [0.15, 0.2) is 24.2 Å². The first kappa shape index (κ1) is 7.65. The Morgan fingerprint density at radius 3 is 2.53 bits per heavy atom. The molecule has 2 rings (SSSR count).